The molecule has 0 atom stereocenters. The number of benzene rings is 1. The summed E-state index contributed by atoms with van der Waals surface area (Å²) in [6.07, 6.45) is 0.253. The summed E-state index contributed by atoms with van der Waals surface area (Å²) < 4.78 is 25.9. The Bertz CT molecular complexity index is 463. The van der Waals surface area contributed by atoms with E-state index in [2.05, 4.69) is 4.99 Å². The molecule has 0 unspecified atom stereocenters. The highest BCUT2D eigenvalue weighted by atomic mass is 19.3. The van der Waals surface area contributed by atoms with Crippen molar-refractivity contribution in [1.82, 2.24) is 0 Å². The summed E-state index contributed by atoms with van der Waals surface area (Å²) in [7, 11) is 1.58. The average molecular weight is 268 g/mol. The highest BCUT2D eigenvalue weighted by molar-refractivity contribution is 6.10. The predicted octanol–water partition coefficient (Wildman–Crippen LogP) is 4.27. The highest BCUT2D eigenvalue weighted by Crippen LogP contribution is 2.29. The van der Waals surface area contributed by atoms with Crippen molar-refractivity contribution in [3.05, 3.63) is 40.6 Å². The molecule has 0 saturated carbocycles. The molecule has 0 aromatic heterocycles. The summed E-state index contributed by atoms with van der Waals surface area (Å²) >= 11 is 0. The zero-order valence-electron chi connectivity index (χ0n) is 12.2. The predicted molar refractivity (Wildman–Crippen MR) is 78.8 cm³/mol. The number of nitrogens with two attached hydrogens (primary N) is 1. The standard InChI is InChI=1S/C13H16F2N2.C2H6/c1-8-4-11(10(6-16)7-17-3)12(13(14)15)5-9(8)2;1-2/h4-7,13H,16H2,1-3H3;1-2H3/b10-6+,17-7?;. The molecule has 2 N–H and O–H groups in total. The number of halogens is 2. The molecule has 0 heterocycles. The van der Waals surface area contributed by atoms with Crippen LogP contribution in [-0.2, 0) is 0 Å². The minimum atomic E-state index is -2.52. The number of rotatable bonds is 3. The fourth-order valence-electron chi connectivity index (χ4n) is 1.61. The molecule has 0 aliphatic carbocycles. The van der Waals surface area contributed by atoms with Crippen molar-refractivity contribution in [2.24, 2.45) is 10.7 Å². The van der Waals surface area contributed by atoms with Crippen LogP contribution in [0.5, 0.6) is 0 Å². The summed E-state index contributed by atoms with van der Waals surface area (Å²) in [6, 6.07) is 3.22. The molecule has 0 aliphatic heterocycles. The van der Waals surface area contributed by atoms with Crippen molar-refractivity contribution in [2.45, 2.75) is 34.1 Å². The molecule has 19 heavy (non-hydrogen) atoms. The number of hydrogen-bond acceptors (Lipinski definition) is 2. The van der Waals surface area contributed by atoms with Crippen LogP contribution in [0.15, 0.2) is 23.3 Å². The van der Waals surface area contributed by atoms with Crippen LogP contribution in [0.3, 0.4) is 0 Å². The van der Waals surface area contributed by atoms with Crippen LogP contribution in [-0.4, -0.2) is 13.3 Å². The van der Waals surface area contributed by atoms with Crippen LogP contribution in [0.1, 0.15) is 42.5 Å². The van der Waals surface area contributed by atoms with E-state index in [0.29, 0.717) is 11.1 Å². The normalized spacial score (nSPS) is 11.7. The Morgan fingerprint density at radius 3 is 2.16 bits per heavy atom. The van der Waals surface area contributed by atoms with Crippen LogP contribution in [0.4, 0.5) is 8.78 Å². The van der Waals surface area contributed by atoms with E-state index in [1.807, 2.05) is 27.7 Å². The Hall–Kier alpha value is -1.71. The van der Waals surface area contributed by atoms with E-state index in [1.54, 1.807) is 13.1 Å². The van der Waals surface area contributed by atoms with E-state index >= 15 is 0 Å². The lowest BCUT2D eigenvalue weighted by Gasteiger charge is -2.12. The molecular weight excluding hydrogens is 246 g/mol. The molecule has 4 heteroatoms. The van der Waals surface area contributed by atoms with Gasteiger partial charge in [-0.25, -0.2) is 8.78 Å². The van der Waals surface area contributed by atoms with Gasteiger partial charge in [0.1, 0.15) is 0 Å². The first kappa shape index (κ1) is 17.3. The Kier molecular flexibility index (Phi) is 7.65. The van der Waals surface area contributed by atoms with Gasteiger partial charge in [0, 0.05) is 30.6 Å². The van der Waals surface area contributed by atoms with E-state index in [4.69, 9.17) is 5.73 Å². The van der Waals surface area contributed by atoms with E-state index in [9.17, 15) is 8.78 Å². The molecular formula is C15H22F2N2. The van der Waals surface area contributed by atoms with Crippen LogP contribution in [0, 0.1) is 13.8 Å². The number of alkyl halides is 2. The summed E-state index contributed by atoms with van der Waals surface area (Å²) in [5, 5.41) is 0. The number of aryl methyl sites for hydroxylation is 2. The van der Waals surface area contributed by atoms with Gasteiger partial charge < -0.3 is 5.73 Å². The molecule has 0 fully saturated rings. The van der Waals surface area contributed by atoms with Gasteiger partial charge in [0.15, 0.2) is 0 Å². The maximum atomic E-state index is 13.0. The Labute approximate surface area is 114 Å². The molecule has 1 rings (SSSR count). The summed E-state index contributed by atoms with van der Waals surface area (Å²) in [6.45, 7) is 7.69. The van der Waals surface area contributed by atoms with E-state index < -0.39 is 6.43 Å². The molecule has 0 aliphatic rings. The maximum Gasteiger partial charge on any atom is 0.264 e. The number of nitrogens with zero attached hydrogens (tertiary/aromatic N) is 1. The van der Waals surface area contributed by atoms with Crippen LogP contribution >= 0.6 is 0 Å². The molecule has 2 nitrogen and oxygen atoms in total. The smallest absolute Gasteiger partial charge is 0.264 e. The molecule has 0 amide bonds. The van der Waals surface area contributed by atoms with Crippen molar-refractivity contribution >= 4 is 11.8 Å². The van der Waals surface area contributed by atoms with Gasteiger partial charge in [-0.1, -0.05) is 19.9 Å². The third-order valence-corrected chi connectivity index (χ3v) is 2.66. The van der Waals surface area contributed by atoms with Crippen molar-refractivity contribution < 1.29 is 8.78 Å². The zero-order valence-corrected chi connectivity index (χ0v) is 12.2. The van der Waals surface area contributed by atoms with Gasteiger partial charge in [-0.15, -0.1) is 0 Å². The molecule has 0 saturated heterocycles. The molecule has 106 valence electrons. The number of allylic oxidation sites excluding steroid dienone is 1. The maximum absolute atomic E-state index is 13.0. The van der Waals surface area contributed by atoms with Crippen LogP contribution < -0.4 is 5.73 Å². The minimum absolute atomic E-state index is 0.00954. The van der Waals surface area contributed by atoms with Crippen LogP contribution in [0.25, 0.3) is 5.57 Å². The van der Waals surface area contributed by atoms with Gasteiger partial charge in [-0.3, -0.25) is 4.99 Å². The summed E-state index contributed by atoms with van der Waals surface area (Å²) in [4.78, 5) is 3.82. The van der Waals surface area contributed by atoms with Gasteiger partial charge in [-0.05, 0) is 36.6 Å². The lowest BCUT2D eigenvalue weighted by atomic mass is 9.95. The van der Waals surface area contributed by atoms with Gasteiger partial charge in [-0.2, -0.15) is 0 Å². The largest absolute Gasteiger partial charge is 0.404 e. The quantitative estimate of drug-likeness (QED) is 0.817. The SMILES string of the molecule is CC.CN=C/C(=C\N)c1cc(C)c(C)cc1C(F)F. The van der Waals surface area contributed by atoms with E-state index in [0.717, 1.165) is 11.1 Å². The zero-order chi connectivity index (χ0) is 15.0. The highest BCUT2D eigenvalue weighted by Gasteiger charge is 2.16. The van der Waals surface area contributed by atoms with Gasteiger partial charge in [0.25, 0.3) is 6.43 Å². The third-order valence-electron chi connectivity index (χ3n) is 2.66. The van der Waals surface area contributed by atoms with Gasteiger partial charge >= 0.3 is 0 Å². The van der Waals surface area contributed by atoms with Crippen molar-refractivity contribution in [1.29, 1.82) is 0 Å². The second-order valence-electron chi connectivity index (χ2n) is 3.83. The number of aliphatic imine (C=N–C) groups is 1. The first-order valence-electron chi connectivity index (χ1n) is 6.25. The molecule has 0 radical (unpaired) electrons. The topological polar surface area (TPSA) is 38.4 Å². The fraction of sp³-hybridized carbons (Fsp3) is 0.400. The fourth-order valence-corrected chi connectivity index (χ4v) is 1.61. The second-order valence-corrected chi connectivity index (χ2v) is 3.83. The lowest BCUT2D eigenvalue weighted by molar-refractivity contribution is 0.151. The van der Waals surface area contributed by atoms with Crippen molar-refractivity contribution in [2.75, 3.05) is 7.05 Å². The summed E-state index contributed by atoms with van der Waals surface area (Å²) in [5.74, 6) is 0. The minimum Gasteiger partial charge on any atom is -0.404 e. The molecule has 1 aromatic rings. The van der Waals surface area contributed by atoms with Gasteiger partial charge in [0.05, 0.1) is 0 Å². The first-order chi connectivity index (χ1) is 9.01. The molecule has 0 bridgehead atoms. The molecule has 1 aromatic carbocycles. The monoisotopic (exact) mass is 268 g/mol. The van der Waals surface area contributed by atoms with Gasteiger partial charge in [0.2, 0.25) is 0 Å². The average Bonchev–Trinajstić information content (AvgIpc) is 2.41. The van der Waals surface area contributed by atoms with Crippen LogP contribution in [0.2, 0.25) is 0 Å². The Balaban J connectivity index is 0.00000154. The first-order valence-corrected chi connectivity index (χ1v) is 6.25. The van der Waals surface area contributed by atoms with Crippen molar-refractivity contribution in [3.63, 3.8) is 0 Å². The molecule has 0 spiro atoms. The number of hydrogen-bond donors (Lipinski definition) is 1. The summed E-state index contributed by atoms with van der Waals surface area (Å²) in [5.41, 5.74) is 8.18. The Morgan fingerprint density at radius 1 is 1.21 bits per heavy atom. The van der Waals surface area contributed by atoms with E-state index in [1.165, 1.54) is 18.5 Å². The lowest BCUT2D eigenvalue weighted by Crippen LogP contribution is -2.00. The Morgan fingerprint density at radius 2 is 1.74 bits per heavy atom. The third kappa shape index (κ3) is 4.47. The second kappa shape index (κ2) is 8.40. The van der Waals surface area contributed by atoms with Crippen molar-refractivity contribution in [3.8, 4) is 0 Å². The van der Waals surface area contributed by atoms with E-state index in [-0.39, 0.29) is 5.56 Å².